The molecule has 0 radical (unpaired) electrons. The molecule has 0 aromatic carbocycles. The molecule has 7 heteroatoms. The lowest BCUT2D eigenvalue weighted by Gasteiger charge is -2.21. The predicted molar refractivity (Wildman–Crippen MR) is 57.7 cm³/mol. The lowest BCUT2D eigenvalue weighted by atomic mass is 10.4. The zero-order valence-electron chi connectivity index (χ0n) is 8.30. The zero-order valence-corrected chi connectivity index (χ0v) is 9.87. The van der Waals surface area contributed by atoms with Crippen molar-refractivity contribution >= 4 is 22.9 Å². The summed E-state index contributed by atoms with van der Waals surface area (Å²) >= 11 is 6.93. The highest BCUT2D eigenvalue weighted by Gasteiger charge is 2.30. The number of thiophene rings is 1. The van der Waals surface area contributed by atoms with Crippen LogP contribution in [0.25, 0.3) is 0 Å². The van der Waals surface area contributed by atoms with Gasteiger partial charge in [-0.2, -0.15) is 13.2 Å². The largest absolute Gasteiger partial charge is 0.401 e. The smallest absolute Gasteiger partial charge is 0.395 e. The Labute approximate surface area is 100 Å². The molecule has 1 heterocycles. The quantitative estimate of drug-likeness (QED) is 0.892. The lowest BCUT2D eigenvalue weighted by Crippen LogP contribution is -2.35. The first-order chi connectivity index (χ1) is 7.40. The molecule has 0 atom stereocenters. The molecule has 0 spiro atoms. The van der Waals surface area contributed by atoms with Crippen LogP contribution in [0.3, 0.4) is 0 Å². The van der Waals surface area contributed by atoms with Gasteiger partial charge in [-0.25, -0.2) is 0 Å². The van der Waals surface area contributed by atoms with E-state index in [9.17, 15) is 13.2 Å². The van der Waals surface area contributed by atoms with Crippen molar-refractivity contribution in [2.75, 3.05) is 19.7 Å². The molecule has 0 aliphatic heterocycles. The van der Waals surface area contributed by atoms with Gasteiger partial charge in [0.05, 0.1) is 17.5 Å². The van der Waals surface area contributed by atoms with Crippen LogP contribution in [0.15, 0.2) is 12.1 Å². The Morgan fingerprint density at radius 2 is 2.06 bits per heavy atom. The van der Waals surface area contributed by atoms with E-state index >= 15 is 0 Å². The average molecular weight is 274 g/mol. The fraction of sp³-hybridized carbons (Fsp3) is 0.556. The van der Waals surface area contributed by atoms with Gasteiger partial charge < -0.3 is 5.11 Å². The first-order valence-electron chi connectivity index (χ1n) is 4.55. The molecule has 0 saturated heterocycles. The lowest BCUT2D eigenvalue weighted by molar-refractivity contribution is -0.147. The highest BCUT2D eigenvalue weighted by Crippen LogP contribution is 2.24. The van der Waals surface area contributed by atoms with Crippen molar-refractivity contribution in [1.82, 2.24) is 4.90 Å². The van der Waals surface area contributed by atoms with Crippen molar-refractivity contribution in [1.29, 1.82) is 0 Å². The Kier molecular flexibility index (Phi) is 5.04. The number of nitrogens with zero attached hydrogens (tertiary/aromatic N) is 1. The molecule has 0 amide bonds. The van der Waals surface area contributed by atoms with Crippen molar-refractivity contribution in [2.24, 2.45) is 0 Å². The third-order valence-electron chi connectivity index (χ3n) is 1.83. The monoisotopic (exact) mass is 273 g/mol. The molecule has 1 aromatic rings. The summed E-state index contributed by atoms with van der Waals surface area (Å²) in [7, 11) is 0. The van der Waals surface area contributed by atoms with Gasteiger partial charge in [0.15, 0.2) is 0 Å². The molecule has 0 aliphatic rings. The summed E-state index contributed by atoms with van der Waals surface area (Å²) in [5.74, 6) is 0. The van der Waals surface area contributed by atoms with E-state index in [0.29, 0.717) is 4.34 Å². The van der Waals surface area contributed by atoms with Crippen molar-refractivity contribution in [3.63, 3.8) is 0 Å². The van der Waals surface area contributed by atoms with Crippen LogP contribution < -0.4 is 0 Å². The fourth-order valence-corrected chi connectivity index (χ4v) is 2.40. The van der Waals surface area contributed by atoms with E-state index in [1.54, 1.807) is 12.1 Å². The van der Waals surface area contributed by atoms with E-state index in [0.717, 1.165) is 9.78 Å². The minimum absolute atomic E-state index is 0.00493. The van der Waals surface area contributed by atoms with Gasteiger partial charge >= 0.3 is 6.18 Å². The molecule has 1 aromatic heterocycles. The second kappa shape index (κ2) is 5.86. The van der Waals surface area contributed by atoms with Crippen molar-refractivity contribution in [3.8, 4) is 0 Å². The second-order valence-electron chi connectivity index (χ2n) is 3.26. The average Bonchev–Trinajstić information content (AvgIpc) is 2.48. The highest BCUT2D eigenvalue weighted by molar-refractivity contribution is 7.16. The Morgan fingerprint density at radius 1 is 1.38 bits per heavy atom. The number of aliphatic hydroxyl groups is 1. The van der Waals surface area contributed by atoms with Gasteiger partial charge in [-0.1, -0.05) is 11.6 Å². The van der Waals surface area contributed by atoms with Gasteiger partial charge in [0, 0.05) is 18.0 Å². The normalized spacial score (nSPS) is 12.4. The Hall–Kier alpha value is -0.300. The molecule has 1 rings (SSSR count). The van der Waals surface area contributed by atoms with Gasteiger partial charge in [-0.15, -0.1) is 11.3 Å². The van der Waals surface area contributed by atoms with Gasteiger partial charge in [0.1, 0.15) is 0 Å². The van der Waals surface area contributed by atoms with Crippen LogP contribution in [-0.2, 0) is 6.54 Å². The topological polar surface area (TPSA) is 23.5 Å². The van der Waals surface area contributed by atoms with Crippen LogP contribution in [0.2, 0.25) is 4.34 Å². The van der Waals surface area contributed by atoms with E-state index in [4.69, 9.17) is 16.7 Å². The highest BCUT2D eigenvalue weighted by atomic mass is 35.5. The number of alkyl halides is 3. The summed E-state index contributed by atoms with van der Waals surface area (Å²) in [5, 5.41) is 8.69. The Balaban J connectivity index is 2.57. The zero-order chi connectivity index (χ0) is 12.2. The molecule has 2 nitrogen and oxygen atoms in total. The molecule has 0 saturated carbocycles. The number of aliphatic hydroxyl groups excluding tert-OH is 1. The SMILES string of the molecule is OCCN(Cc1ccc(Cl)s1)CC(F)(F)F. The van der Waals surface area contributed by atoms with Crippen LogP contribution in [0.1, 0.15) is 4.88 Å². The molecule has 92 valence electrons. The maximum atomic E-state index is 12.2. The number of rotatable bonds is 5. The Bertz CT molecular complexity index is 329. The van der Waals surface area contributed by atoms with Crippen LogP contribution in [-0.4, -0.2) is 35.9 Å². The van der Waals surface area contributed by atoms with E-state index in [2.05, 4.69) is 0 Å². The van der Waals surface area contributed by atoms with Crippen LogP contribution in [0, 0.1) is 0 Å². The minimum Gasteiger partial charge on any atom is -0.395 e. The summed E-state index contributed by atoms with van der Waals surface area (Å²) in [4.78, 5) is 1.89. The van der Waals surface area contributed by atoms with E-state index in [1.807, 2.05) is 0 Å². The standard InChI is InChI=1S/C9H11ClF3NOS/c10-8-2-1-7(16-8)5-14(3-4-15)6-9(11,12)13/h1-2,15H,3-6H2. The van der Waals surface area contributed by atoms with Crippen molar-refractivity contribution < 1.29 is 18.3 Å². The van der Waals surface area contributed by atoms with Gasteiger partial charge in [0.2, 0.25) is 0 Å². The predicted octanol–water partition coefficient (Wildman–Crippen LogP) is 2.76. The molecule has 0 aliphatic carbocycles. The van der Waals surface area contributed by atoms with Crippen molar-refractivity contribution in [3.05, 3.63) is 21.3 Å². The Morgan fingerprint density at radius 3 is 2.50 bits per heavy atom. The summed E-state index contributed by atoms with van der Waals surface area (Å²) in [5.41, 5.74) is 0. The summed E-state index contributed by atoms with van der Waals surface area (Å²) in [6.07, 6.45) is -4.25. The summed E-state index contributed by atoms with van der Waals surface area (Å²) in [6, 6.07) is 3.33. The molecule has 0 bridgehead atoms. The molecular formula is C9H11ClF3NOS. The van der Waals surface area contributed by atoms with E-state index in [1.165, 1.54) is 11.3 Å². The number of halogens is 4. The van der Waals surface area contributed by atoms with E-state index in [-0.39, 0.29) is 19.7 Å². The third kappa shape index (κ3) is 5.16. The number of hydrogen-bond acceptors (Lipinski definition) is 3. The molecule has 1 N–H and O–H groups in total. The summed E-state index contributed by atoms with van der Waals surface area (Å²) < 4.78 is 37.1. The van der Waals surface area contributed by atoms with Gasteiger partial charge in [0.25, 0.3) is 0 Å². The molecule has 0 unspecified atom stereocenters. The minimum atomic E-state index is -4.25. The van der Waals surface area contributed by atoms with Crippen LogP contribution in [0.4, 0.5) is 13.2 Å². The maximum Gasteiger partial charge on any atom is 0.401 e. The van der Waals surface area contributed by atoms with Gasteiger partial charge in [-0.05, 0) is 12.1 Å². The first kappa shape index (κ1) is 13.8. The van der Waals surface area contributed by atoms with E-state index < -0.39 is 12.7 Å². The third-order valence-corrected chi connectivity index (χ3v) is 3.04. The summed E-state index contributed by atoms with van der Waals surface area (Å²) in [6.45, 7) is -1.18. The molecule has 16 heavy (non-hydrogen) atoms. The van der Waals surface area contributed by atoms with Crippen LogP contribution in [0.5, 0.6) is 0 Å². The second-order valence-corrected chi connectivity index (χ2v) is 5.05. The van der Waals surface area contributed by atoms with Crippen LogP contribution >= 0.6 is 22.9 Å². The molecule has 0 fully saturated rings. The van der Waals surface area contributed by atoms with Gasteiger partial charge in [-0.3, -0.25) is 4.90 Å². The van der Waals surface area contributed by atoms with Crippen molar-refractivity contribution in [2.45, 2.75) is 12.7 Å². The fourth-order valence-electron chi connectivity index (χ4n) is 1.27. The maximum absolute atomic E-state index is 12.2. The number of hydrogen-bond donors (Lipinski definition) is 1. The first-order valence-corrected chi connectivity index (χ1v) is 5.74. The molecular weight excluding hydrogens is 263 g/mol.